The van der Waals surface area contributed by atoms with Crippen molar-refractivity contribution in [3.05, 3.63) is 12.2 Å². The number of aliphatic carboxylic acids is 1. The third kappa shape index (κ3) is 5.06. The molecule has 0 aromatic rings. The van der Waals surface area contributed by atoms with Gasteiger partial charge in [0.05, 0.1) is 6.42 Å². The fourth-order valence-electron chi connectivity index (χ4n) is 0.764. The SMILES string of the molecule is C=C(CC(=O)O)C(=O)OC(C(F)(F)F)C(F)(F)F. The van der Waals surface area contributed by atoms with Crippen molar-refractivity contribution < 1.29 is 45.8 Å². The number of esters is 1. The highest BCUT2D eigenvalue weighted by Gasteiger charge is 2.60. The van der Waals surface area contributed by atoms with E-state index in [-0.39, 0.29) is 0 Å². The summed E-state index contributed by atoms with van der Waals surface area (Å²) < 4.78 is 74.9. The van der Waals surface area contributed by atoms with Gasteiger partial charge in [-0.3, -0.25) is 4.79 Å². The van der Waals surface area contributed by atoms with Crippen molar-refractivity contribution >= 4 is 11.9 Å². The summed E-state index contributed by atoms with van der Waals surface area (Å²) in [5.41, 5.74) is -1.03. The summed E-state index contributed by atoms with van der Waals surface area (Å²) in [5.74, 6) is -3.72. The number of hydrogen-bond donors (Lipinski definition) is 1. The highest BCUT2D eigenvalue weighted by molar-refractivity contribution is 5.92. The molecule has 0 amide bonds. The molecule has 10 heteroatoms. The zero-order valence-electron chi connectivity index (χ0n) is 8.43. The van der Waals surface area contributed by atoms with Gasteiger partial charge >= 0.3 is 24.3 Å². The molecule has 0 unspecified atom stereocenters. The van der Waals surface area contributed by atoms with Gasteiger partial charge in [0.25, 0.3) is 6.10 Å². The molecular weight excluding hydrogens is 274 g/mol. The molecule has 0 spiro atoms. The highest BCUT2D eigenvalue weighted by atomic mass is 19.4. The zero-order valence-corrected chi connectivity index (χ0v) is 8.43. The molecule has 0 radical (unpaired) electrons. The van der Waals surface area contributed by atoms with Crippen LogP contribution in [0.5, 0.6) is 0 Å². The Labute approximate surface area is 95.8 Å². The molecule has 104 valence electrons. The molecule has 0 aliphatic heterocycles. The van der Waals surface area contributed by atoms with Crippen LogP contribution in [0.25, 0.3) is 0 Å². The van der Waals surface area contributed by atoms with Crippen LogP contribution in [-0.2, 0) is 14.3 Å². The second-order valence-corrected chi connectivity index (χ2v) is 3.04. The topological polar surface area (TPSA) is 63.6 Å². The predicted molar refractivity (Wildman–Crippen MR) is 43.4 cm³/mol. The number of hydrogen-bond acceptors (Lipinski definition) is 3. The average molecular weight is 280 g/mol. The Morgan fingerprint density at radius 3 is 1.78 bits per heavy atom. The summed E-state index contributed by atoms with van der Waals surface area (Å²) in [5, 5.41) is 8.17. The van der Waals surface area contributed by atoms with Crippen molar-refractivity contribution in [3.63, 3.8) is 0 Å². The lowest BCUT2D eigenvalue weighted by atomic mass is 10.2. The van der Waals surface area contributed by atoms with Crippen LogP contribution in [0.1, 0.15) is 6.42 Å². The van der Waals surface area contributed by atoms with Gasteiger partial charge in [-0.1, -0.05) is 6.58 Å². The van der Waals surface area contributed by atoms with E-state index < -0.39 is 42.4 Å². The van der Waals surface area contributed by atoms with Gasteiger partial charge in [0.15, 0.2) is 0 Å². The third-order valence-electron chi connectivity index (χ3n) is 1.47. The molecule has 0 saturated carbocycles. The summed E-state index contributed by atoms with van der Waals surface area (Å²) in [6, 6.07) is 0. The van der Waals surface area contributed by atoms with E-state index in [0.29, 0.717) is 0 Å². The van der Waals surface area contributed by atoms with Crippen LogP contribution >= 0.6 is 0 Å². The summed E-state index contributed by atoms with van der Waals surface area (Å²) >= 11 is 0. The number of carboxylic acids is 1. The summed E-state index contributed by atoms with van der Waals surface area (Å²) in [7, 11) is 0. The lowest BCUT2D eigenvalue weighted by Gasteiger charge is -2.22. The molecule has 0 atom stereocenters. The number of ether oxygens (including phenoxy) is 1. The minimum atomic E-state index is -5.85. The van der Waals surface area contributed by atoms with Gasteiger partial charge in [0.2, 0.25) is 0 Å². The molecule has 0 bridgehead atoms. The van der Waals surface area contributed by atoms with Crippen LogP contribution in [0.4, 0.5) is 26.3 Å². The normalized spacial score (nSPS) is 12.4. The maximum Gasteiger partial charge on any atom is 0.434 e. The molecule has 0 fully saturated rings. The van der Waals surface area contributed by atoms with Gasteiger partial charge in [0.1, 0.15) is 0 Å². The number of carbonyl (C=O) groups excluding carboxylic acids is 1. The first kappa shape index (κ1) is 16.3. The van der Waals surface area contributed by atoms with Crippen molar-refractivity contribution in [1.82, 2.24) is 0 Å². The maximum absolute atomic E-state index is 12.0. The Hall–Kier alpha value is -1.74. The summed E-state index contributed by atoms with van der Waals surface area (Å²) in [6.45, 7) is 2.72. The zero-order chi connectivity index (χ0) is 14.7. The predicted octanol–water partition coefficient (Wildman–Crippen LogP) is 2.05. The van der Waals surface area contributed by atoms with E-state index in [4.69, 9.17) is 5.11 Å². The van der Waals surface area contributed by atoms with Gasteiger partial charge in [-0.25, -0.2) is 4.79 Å². The summed E-state index contributed by atoms with van der Waals surface area (Å²) in [6.07, 6.45) is -17.1. The van der Waals surface area contributed by atoms with E-state index in [1.807, 2.05) is 0 Å². The molecule has 0 aliphatic carbocycles. The molecule has 18 heavy (non-hydrogen) atoms. The molecule has 0 saturated heterocycles. The third-order valence-corrected chi connectivity index (χ3v) is 1.47. The smallest absolute Gasteiger partial charge is 0.434 e. The van der Waals surface area contributed by atoms with E-state index in [1.165, 1.54) is 0 Å². The van der Waals surface area contributed by atoms with Gasteiger partial charge in [-0.05, 0) is 0 Å². The molecule has 4 nitrogen and oxygen atoms in total. The van der Waals surface area contributed by atoms with Crippen LogP contribution in [-0.4, -0.2) is 35.5 Å². The van der Waals surface area contributed by atoms with E-state index in [0.717, 1.165) is 0 Å². The number of carbonyl (C=O) groups is 2. The highest BCUT2D eigenvalue weighted by Crippen LogP contribution is 2.36. The summed E-state index contributed by atoms with van der Waals surface area (Å²) in [4.78, 5) is 20.9. The Balaban J connectivity index is 4.87. The first-order valence-electron chi connectivity index (χ1n) is 4.09. The van der Waals surface area contributed by atoms with Crippen LogP contribution in [0.2, 0.25) is 0 Å². The monoisotopic (exact) mass is 280 g/mol. The average Bonchev–Trinajstić information content (AvgIpc) is 2.08. The molecule has 0 aliphatic rings. The van der Waals surface area contributed by atoms with Crippen LogP contribution < -0.4 is 0 Å². The second-order valence-electron chi connectivity index (χ2n) is 3.04. The number of alkyl halides is 6. The largest absolute Gasteiger partial charge is 0.481 e. The van der Waals surface area contributed by atoms with Crippen molar-refractivity contribution in [3.8, 4) is 0 Å². The molecular formula is C8H6F6O4. The molecule has 1 N–H and O–H groups in total. The van der Waals surface area contributed by atoms with Gasteiger partial charge in [-0.2, -0.15) is 26.3 Å². The number of carboxylic acid groups (broad SMARTS) is 1. The van der Waals surface area contributed by atoms with Crippen LogP contribution in [0.3, 0.4) is 0 Å². The molecule has 0 aromatic heterocycles. The first-order chi connectivity index (χ1) is 7.85. The fourth-order valence-corrected chi connectivity index (χ4v) is 0.764. The van der Waals surface area contributed by atoms with Gasteiger partial charge in [0, 0.05) is 5.57 Å². The first-order valence-corrected chi connectivity index (χ1v) is 4.09. The van der Waals surface area contributed by atoms with Crippen LogP contribution in [0.15, 0.2) is 12.2 Å². The van der Waals surface area contributed by atoms with E-state index >= 15 is 0 Å². The minimum Gasteiger partial charge on any atom is -0.481 e. The minimum absolute atomic E-state index is 1.03. The second kappa shape index (κ2) is 5.27. The Bertz CT molecular complexity index is 342. The van der Waals surface area contributed by atoms with Crippen molar-refractivity contribution in [2.45, 2.75) is 24.9 Å². The maximum atomic E-state index is 12.0. The molecule has 0 rings (SSSR count). The Kier molecular flexibility index (Phi) is 4.76. The van der Waals surface area contributed by atoms with Crippen molar-refractivity contribution in [2.24, 2.45) is 0 Å². The quantitative estimate of drug-likeness (QED) is 0.486. The van der Waals surface area contributed by atoms with Crippen molar-refractivity contribution in [1.29, 1.82) is 0 Å². The van der Waals surface area contributed by atoms with E-state index in [1.54, 1.807) is 0 Å². The van der Waals surface area contributed by atoms with Crippen molar-refractivity contribution in [2.75, 3.05) is 0 Å². The Morgan fingerprint density at radius 1 is 1.11 bits per heavy atom. The number of halogens is 6. The molecule has 0 aromatic carbocycles. The van der Waals surface area contributed by atoms with E-state index in [9.17, 15) is 35.9 Å². The number of rotatable bonds is 4. The lowest BCUT2D eigenvalue weighted by molar-refractivity contribution is -0.312. The fraction of sp³-hybridized carbons (Fsp3) is 0.500. The standard InChI is InChI=1S/C8H6F6O4/c1-3(2-4(15)16)5(17)18-6(7(9,10)11)8(12,13)14/h6H,1-2H2,(H,15,16). The lowest BCUT2D eigenvalue weighted by Crippen LogP contribution is -2.45. The van der Waals surface area contributed by atoms with Crippen LogP contribution in [0, 0.1) is 0 Å². The molecule has 0 heterocycles. The van der Waals surface area contributed by atoms with Gasteiger partial charge in [-0.15, -0.1) is 0 Å². The van der Waals surface area contributed by atoms with Gasteiger partial charge < -0.3 is 9.84 Å². The Morgan fingerprint density at radius 2 is 1.50 bits per heavy atom. The van der Waals surface area contributed by atoms with E-state index in [2.05, 4.69) is 11.3 Å².